The molecule has 7 heteroatoms. The number of benzene rings is 2. The molecule has 0 radical (unpaired) electrons. The average Bonchev–Trinajstić information content (AvgIpc) is 3.27. The van der Waals surface area contributed by atoms with E-state index in [0.29, 0.717) is 0 Å². The van der Waals surface area contributed by atoms with Crippen molar-refractivity contribution in [3.05, 3.63) is 89.5 Å². The van der Waals surface area contributed by atoms with Crippen molar-refractivity contribution >= 4 is 6.08 Å². The molecule has 3 aromatic rings. The lowest BCUT2D eigenvalue weighted by atomic mass is 9.84. The second kappa shape index (κ2) is 9.08. The van der Waals surface area contributed by atoms with Gasteiger partial charge in [0.2, 0.25) is 0 Å². The lowest BCUT2D eigenvalue weighted by molar-refractivity contribution is -0.0656. The van der Waals surface area contributed by atoms with E-state index < -0.39 is 23.3 Å². The summed E-state index contributed by atoms with van der Waals surface area (Å²) in [5.41, 5.74) is 0.978. The van der Waals surface area contributed by atoms with Gasteiger partial charge in [0.15, 0.2) is 0 Å². The molecule has 4 rings (SSSR count). The van der Waals surface area contributed by atoms with Gasteiger partial charge in [-0.25, -0.2) is 18.4 Å². The lowest BCUT2D eigenvalue weighted by Crippen LogP contribution is -2.53. The predicted molar refractivity (Wildman–Crippen MR) is 115 cm³/mol. The van der Waals surface area contributed by atoms with Crippen molar-refractivity contribution in [1.29, 1.82) is 0 Å². The van der Waals surface area contributed by atoms with Gasteiger partial charge in [-0.2, -0.15) is 5.10 Å². The Hall–Kier alpha value is -2.90. The highest BCUT2D eigenvalue weighted by molar-refractivity contribution is 5.52. The molecule has 2 unspecified atom stereocenters. The first kappa shape index (κ1) is 21.3. The summed E-state index contributed by atoms with van der Waals surface area (Å²) >= 11 is 0. The van der Waals surface area contributed by atoms with Crippen LogP contribution in [0.4, 0.5) is 8.78 Å². The zero-order valence-corrected chi connectivity index (χ0v) is 17.5. The van der Waals surface area contributed by atoms with E-state index in [2.05, 4.69) is 33.2 Å². The maximum Gasteiger partial charge on any atom is 0.137 e. The number of hydrogen-bond donors (Lipinski definition) is 1. The summed E-state index contributed by atoms with van der Waals surface area (Å²) in [6.45, 7) is 3.37. The molecule has 2 atom stereocenters. The van der Waals surface area contributed by atoms with E-state index in [1.54, 1.807) is 0 Å². The van der Waals surface area contributed by atoms with Crippen LogP contribution in [0.25, 0.3) is 6.08 Å². The van der Waals surface area contributed by atoms with Gasteiger partial charge in [0.05, 0.1) is 6.54 Å². The zero-order chi connectivity index (χ0) is 21.8. The van der Waals surface area contributed by atoms with E-state index in [1.807, 2.05) is 25.1 Å². The van der Waals surface area contributed by atoms with Gasteiger partial charge in [-0.3, -0.25) is 4.90 Å². The molecule has 2 heterocycles. The van der Waals surface area contributed by atoms with Crippen molar-refractivity contribution in [2.75, 3.05) is 13.1 Å². The fraction of sp³-hybridized carbons (Fsp3) is 0.333. The first-order valence-electron chi connectivity index (χ1n) is 10.4. The quantitative estimate of drug-likeness (QED) is 0.650. The van der Waals surface area contributed by atoms with E-state index in [4.69, 9.17) is 0 Å². The maximum absolute atomic E-state index is 14.7. The number of hydrogen-bond acceptors (Lipinski definition) is 4. The van der Waals surface area contributed by atoms with Crippen LogP contribution >= 0.6 is 0 Å². The van der Waals surface area contributed by atoms with Crippen molar-refractivity contribution in [3.8, 4) is 0 Å². The molecule has 0 aliphatic carbocycles. The Morgan fingerprint density at radius 1 is 1.13 bits per heavy atom. The molecule has 2 aromatic carbocycles. The predicted octanol–water partition coefficient (Wildman–Crippen LogP) is 4.01. The van der Waals surface area contributed by atoms with Crippen LogP contribution in [0.3, 0.4) is 0 Å². The molecule has 0 bridgehead atoms. The molecule has 0 saturated carbocycles. The van der Waals surface area contributed by atoms with Crippen LogP contribution in [0.5, 0.6) is 0 Å². The van der Waals surface area contributed by atoms with Gasteiger partial charge in [-0.1, -0.05) is 48.0 Å². The molecule has 1 fully saturated rings. The van der Waals surface area contributed by atoms with Crippen LogP contribution in [-0.2, 0) is 12.1 Å². The van der Waals surface area contributed by atoms with Gasteiger partial charge in [0.1, 0.15) is 29.9 Å². The Labute approximate surface area is 180 Å². The Morgan fingerprint density at radius 2 is 1.87 bits per heavy atom. The van der Waals surface area contributed by atoms with Crippen LogP contribution in [0.1, 0.15) is 30.9 Å². The Bertz CT molecular complexity index is 1030. The summed E-state index contributed by atoms with van der Waals surface area (Å²) in [6, 6.07) is 13.1. The van der Waals surface area contributed by atoms with Crippen molar-refractivity contribution < 1.29 is 13.9 Å². The highest BCUT2D eigenvalue weighted by atomic mass is 19.1. The Kier molecular flexibility index (Phi) is 6.25. The van der Waals surface area contributed by atoms with Crippen molar-refractivity contribution in [2.45, 2.75) is 38.0 Å². The van der Waals surface area contributed by atoms with Crippen molar-refractivity contribution in [2.24, 2.45) is 0 Å². The first-order chi connectivity index (χ1) is 15.0. The topological polar surface area (TPSA) is 54.2 Å². The van der Waals surface area contributed by atoms with E-state index >= 15 is 0 Å². The second-order valence-electron chi connectivity index (χ2n) is 8.07. The SMILES string of the molecule is CC(N1CCC(=Cc2ccccc2)CC1)C(O)(Cn1cncn1)c1ccc(F)cc1F. The van der Waals surface area contributed by atoms with Gasteiger partial charge >= 0.3 is 0 Å². The summed E-state index contributed by atoms with van der Waals surface area (Å²) in [5.74, 6) is -1.44. The van der Waals surface area contributed by atoms with Gasteiger partial charge in [-0.05, 0) is 31.4 Å². The normalized spacial score (nSPS) is 17.9. The highest BCUT2D eigenvalue weighted by Gasteiger charge is 2.42. The molecule has 162 valence electrons. The number of halogens is 2. The molecular formula is C24H26F2N4O. The molecule has 0 spiro atoms. The van der Waals surface area contributed by atoms with Gasteiger partial charge in [-0.15, -0.1) is 0 Å². The third kappa shape index (κ3) is 4.73. The van der Waals surface area contributed by atoms with Gasteiger partial charge in [0.25, 0.3) is 0 Å². The molecule has 0 amide bonds. The Morgan fingerprint density at radius 3 is 2.52 bits per heavy atom. The third-order valence-electron chi connectivity index (χ3n) is 6.12. The fourth-order valence-corrected chi connectivity index (χ4v) is 4.27. The largest absolute Gasteiger partial charge is 0.381 e. The van der Waals surface area contributed by atoms with Crippen molar-refractivity contribution in [3.63, 3.8) is 0 Å². The minimum Gasteiger partial charge on any atom is -0.381 e. The summed E-state index contributed by atoms with van der Waals surface area (Å²) in [6.07, 6.45) is 6.79. The van der Waals surface area contributed by atoms with Crippen LogP contribution in [0.2, 0.25) is 0 Å². The standard InChI is InChI=1S/C24H26F2N4O/c1-18(29-11-9-20(10-12-29)13-19-5-3-2-4-6-19)24(31,15-30-17-27-16-28-30)22-8-7-21(25)14-23(22)26/h2-8,13-14,16-18,31H,9-12,15H2,1H3. The highest BCUT2D eigenvalue weighted by Crippen LogP contribution is 2.34. The molecular weight excluding hydrogens is 398 g/mol. The summed E-state index contributed by atoms with van der Waals surface area (Å²) < 4.78 is 29.7. The number of piperidine rings is 1. The molecule has 1 saturated heterocycles. The molecule has 31 heavy (non-hydrogen) atoms. The average molecular weight is 424 g/mol. The van der Waals surface area contributed by atoms with Gasteiger partial charge in [0, 0.05) is 30.8 Å². The van der Waals surface area contributed by atoms with Crippen molar-refractivity contribution in [1.82, 2.24) is 19.7 Å². The van der Waals surface area contributed by atoms with E-state index in [-0.39, 0.29) is 12.1 Å². The van der Waals surface area contributed by atoms with Gasteiger partial charge < -0.3 is 5.11 Å². The van der Waals surface area contributed by atoms with E-state index in [9.17, 15) is 13.9 Å². The van der Waals surface area contributed by atoms with Crippen LogP contribution in [0.15, 0.2) is 66.8 Å². The van der Waals surface area contributed by atoms with Crippen LogP contribution in [0, 0.1) is 11.6 Å². The number of aliphatic hydroxyl groups is 1. The van der Waals surface area contributed by atoms with Crippen LogP contribution in [-0.4, -0.2) is 43.9 Å². The number of rotatable bonds is 6. The van der Waals surface area contributed by atoms with Crippen LogP contribution < -0.4 is 0 Å². The summed E-state index contributed by atoms with van der Waals surface area (Å²) in [4.78, 5) is 6.08. The minimum absolute atomic E-state index is 0.0138. The summed E-state index contributed by atoms with van der Waals surface area (Å²) in [7, 11) is 0. The first-order valence-corrected chi connectivity index (χ1v) is 10.4. The molecule has 1 aromatic heterocycles. The maximum atomic E-state index is 14.7. The molecule has 5 nitrogen and oxygen atoms in total. The van der Waals surface area contributed by atoms with E-state index in [0.717, 1.165) is 32.0 Å². The summed E-state index contributed by atoms with van der Waals surface area (Å²) in [5, 5.41) is 15.8. The zero-order valence-electron chi connectivity index (χ0n) is 17.5. The fourth-order valence-electron chi connectivity index (χ4n) is 4.27. The third-order valence-corrected chi connectivity index (χ3v) is 6.12. The van der Waals surface area contributed by atoms with E-state index in [1.165, 1.54) is 40.6 Å². The molecule has 1 aliphatic rings. The smallest absolute Gasteiger partial charge is 0.137 e. The molecule has 1 aliphatic heterocycles. The number of nitrogens with zero attached hydrogens (tertiary/aromatic N) is 4. The minimum atomic E-state index is -1.61. The lowest BCUT2D eigenvalue weighted by Gasteiger charge is -2.43. The molecule has 1 N–H and O–H groups in total. The number of likely N-dealkylation sites (tertiary alicyclic amines) is 1. The number of aromatic nitrogens is 3. The Balaban J connectivity index is 1.56. The monoisotopic (exact) mass is 424 g/mol. The second-order valence-corrected chi connectivity index (χ2v) is 8.07.